The second-order valence-corrected chi connectivity index (χ2v) is 6.55. The molecular weight excluding hydrogens is 385 g/mol. The molecule has 1 heterocycles. The minimum Gasteiger partial charge on any atom is -0.381 e. The number of rotatable bonds is 7. The zero-order valence-corrected chi connectivity index (χ0v) is 16.0. The van der Waals surface area contributed by atoms with Crippen LogP contribution in [-0.2, 0) is 25.9 Å². The van der Waals surface area contributed by atoms with Crippen LogP contribution < -0.4 is 11.1 Å². The number of hydrogen-bond donors (Lipinski definition) is 2. The number of amides is 1. The van der Waals surface area contributed by atoms with Crippen molar-refractivity contribution in [1.82, 2.24) is 5.32 Å². The molecule has 1 saturated heterocycles. The third-order valence-electron chi connectivity index (χ3n) is 4.89. The Hall–Kier alpha value is -1.35. The van der Waals surface area contributed by atoms with Crippen molar-refractivity contribution in [1.29, 1.82) is 0 Å². The van der Waals surface area contributed by atoms with Gasteiger partial charge in [-0.15, -0.1) is 12.4 Å². The van der Waals surface area contributed by atoms with Gasteiger partial charge >= 0.3 is 6.18 Å². The third-order valence-corrected chi connectivity index (χ3v) is 4.89. The van der Waals surface area contributed by atoms with Gasteiger partial charge in [-0.3, -0.25) is 4.79 Å². The maximum atomic E-state index is 13.1. The number of nitrogens with two attached hydrogens (primary N) is 1. The first-order valence-electron chi connectivity index (χ1n) is 8.56. The molecule has 1 amide bonds. The largest absolute Gasteiger partial charge is 0.416 e. The molecule has 1 aliphatic heterocycles. The van der Waals surface area contributed by atoms with Crippen LogP contribution >= 0.6 is 12.4 Å². The summed E-state index contributed by atoms with van der Waals surface area (Å²) >= 11 is 0. The zero-order chi connectivity index (χ0) is 19.2. The van der Waals surface area contributed by atoms with Gasteiger partial charge in [-0.2, -0.15) is 13.2 Å². The monoisotopic (exact) mass is 410 g/mol. The van der Waals surface area contributed by atoms with Crippen molar-refractivity contribution in [3.8, 4) is 0 Å². The Bertz CT molecular complexity index is 604. The Kier molecular flexibility index (Phi) is 9.01. The van der Waals surface area contributed by atoms with Crippen molar-refractivity contribution in [3.63, 3.8) is 0 Å². The number of halogens is 4. The highest BCUT2D eigenvalue weighted by Gasteiger charge is 2.37. The Morgan fingerprint density at radius 1 is 1.37 bits per heavy atom. The number of alkyl halides is 3. The summed E-state index contributed by atoms with van der Waals surface area (Å²) in [6, 6.07) is 5.33. The molecule has 0 aromatic heterocycles. The Balaban J connectivity index is 0.00000364. The van der Waals surface area contributed by atoms with Crippen LogP contribution in [0, 0.1) is 0 Å². The number of nitrogens with one attached hydrogen (secondary N) is 1. The number of carbonyl (C=O) groups excluding carboxylic acids is 1. The van der Waals surface area contributed by atoms with Crippen molar-refractivity contribution < 1.29 is 27.4 Å². The number of hydrogen-bond acceptors (Lipinski definition) is 4. The first-order valence-corrected chi connectivity index (χ1v) is 8.56. The highest BCUT2D eigenvalue weighted by Crippen LogP contribution is 2.37. The van der Waals surface area contributed by atoms with E-state index in [4.69, 9.17) is 15.2 Å². The molecule has 0 spiro atoms. The number of ether oxygens (including phenoxy) is 2. The lowest BCUT2D eigenvalue weighted by Gasteiger charge is -2.38. The van der Waals surface area contributed by atoms with E-state index in [-0.39, 0.29) is 43.9 Å². The molecule has 154 valence electrons. The van der Waals surface area contributed by atoms with Crippen LogP contribution in [-0.4, -0.2) is 45.4 Å². The fourth-order valence-electron chi connectivity index (χ4n) is 3.16. The normalized spacial score (nSPS) is 17.7. The van der Waals surface area contributed by atoms with Gasteiger partial charge in [0.05, 0.1) is 18.1 Å². The van der Waals surface area contributed by atoms with Crippen LogP contribution in [0.25, 0.3) is 0 Å². The quantitative estimate of drug-likeness (QED) is 0.724. The van der Waals surface area contributed by atoms with Gasteiger partial charge in [0.2, 0.25) is 5.91 Å². The zero-order valence-electron chi connectivity index (χ0n) is 15.2. The van der Waals surface area contributed by atoms with Crippen molar-refractivity contribution >= 4 is 18.3 Å². The molecule has 0 bridgehead atoms. The van der Waals surface area contributed by atoms with E-state index >= 15 is 0 Å². The van der Waals surface area contributed by atoms with E-state index in [1.165, 1.54) is 19.2 Å². The third kappa shape index (κ3) is 6.34. The second kappa shape index (κ2) is 10.3. The summed E-state index contributed by atoms with van der Waals surface area (Å²) in [5.74, 6) is -0.236. The first-order chi connectivity index (χ1) is 12.3. The van der Waals surface area contributed by atoms with Gasteiger partial charge in [-0.1, -0.05) is 18.2 Å². The van der Waals surface area contributed by atoms with Crippen LogP contribution in [0.15, 0.2) is 24.3 Å². The van der Waals surface area contributed by atoms with Crippen LogP contribution in [0.5, 0.6) is 0 Å². The van der Waals surface area contributed by atoms with E-state index < -0.39 is 17.2 Å². The lowest BCUT2D eigenvalue weighted by molar-refractivity contribution is -0.137. The van der Waals surface area contributed by atoms with Crippen molar-refractivity contribution in [2.75, 3.05) is 33.4 Å². The fourth-order valence-corrected chi connectivity index (χ4v) is 3.16. The first kappa shape index (κ1) is 23.7. The molecule has 0 radical (unpaired) electrons. The van der Waals surface area contributed by atoms with Gasteiger partial charge in [-0.25, -0.2) is 0 Å². The summed E-state index contributed by atoms with van der Waals surface area (Å²) in [5, 5.41) is 2.84. The van der Waals surface area contributed by atoms with E-state index in [1.54, 1.807) is 6.07 Å². The SMILES string of the molecule is COC(CN)CC(=O)NCC1(c2cccc(C(F)(F)F)c2)CCOCC1.Cl. The van der Waals surface area contributed by atoms with Gasteiger partial charge in [-0.05, 0) is 24.5 Å². The Morgan fingerprint density at radius 2 is 2.04 bits per heavy atom. The van der Waals surface area contributed by atoms with Gasteiger partial charge in [0.1, 0.15) is 0 Å². The predicted octanol–water partition coefficient (Wildman–Crippen LogP) is 2.66. The smallest absolute Gasteiger partial charge is 0.381 e. The van der Waals surface area contributed by atoms with E-state index in [0.717, 1.165) is 6.07 Å². The number of carbonyl (C=O) groups is 1. The van der Waals surface area contributed by atoms with E-state index in [1.807, 2.05) is 0 Å². The Morgan fingerprint density at radius 3 is 2.59 bits per heavy atom. The minimum atomic E-state index is -4.40. The minimum absolute atomic E-state index is 0. The molecule has 1 atom stereocenters. The molecule has 27 heavy (non-hydrogen) atoms. The van der Waals surface area contributed by atoms with Crippen LogP contribution in [0.4, 0.5) is 13.2 Å². The highest BCUT2D eigenvalue weighted by molar-refractivity contribution is 5.85. The van der Waals surface area contributed by atoms with E-state index in [9.17, 15) is 18.0 Å². The lowest BCUT2D eigenvalue weighted by atomic mass is 9.73. The molecule has 1 aromatic rings. The topological polar surface area (TPSA) is 73.6 Å². The summed E-state index contributed by atoms with van der Waals surface area (Å²) in [6.45, 7) is 1.35. The molecule has 0 saturated carbocycles. The average molecular weight is 411 g/mol. The van der Waals surface area contributed by atoms with Gasteiger partial charge in [0, 0.05) is 38.8 Å². The average Bonchev–Trinajstić information content (AvgIpc) is 2.64. The molecule has 2 rings (SSSR count). The summed E-state index contributed by atoms with van der Waals surface area (Å²) in [4.78, 5) is 12.2. The molecule has 5 nitrogen and oxygen atoms in total. The van der Waals surface area contributed by atoms with Crippen LogP contribution in [0.1, 0.15) is 30.4 Å². The molecule has 1 unspecified atom stereocenters. The highest BCUT2D eigenvalue weighted by atomic mass is 35.5. The summed E-state index contributed by atoms with van der Waals surface area (Å²) in [6.07, 6.45) is -3.59. The molecule has 9 heteroatoms. The van der Waals surface area contributed by atoms with Crippen molar-refractivity contribution in [3.05, 3.63) is 35.4 Å². The van der Waals surface area contributed by atoms with Gasteiger partial charge < -0.3 is 20.5 Å². The van der Waals surface area contributed by atoms with E-state index in [2.05, 4.69) is 5.32 Å². The molecule has 1 aromatic carbocycles. The molecule has 1 aliphatic rings. The molecular formula is C18H26ClF3N2O3. The Labute approximate surface area is 163 Å². The molecule has 0 aliphatic carbocycles. The number of benzene rings is 1. The maximum absolute atomic E-state index is 13.1. The number of methoxy groups -OCH3 is 1. The van der Waals surface area contributed by atoms with Crippen molar-refractivity contribution in [2.45, 2.75) is 37.0 Å². The standard InChI is InChI=1S/C18H25F3N2O3.ClH/c1-25-15(11-22)10-16(24)23-12-17(5-7-26-8-6-17)13-3-2-4-14(9-13)18(19,20)21;/h2-4,9,15H,5-8,10-12,22H2,1H3,(H,23,24);1H. The van der Waals surface area contributed by atoms with Gasteiger partial charge in [0.15, 0.2) is 0 Å². The van der Waals surface area contributed by atoms with Gasteiger partial charge in [0.25, 0.3) is 0 Å². The molecule has 1 fully saturated rings. The fraction of sp³-hybridized carbons (Fsp3) is 0.611. The predicted molar refractivity (Wildman–Crippen MR) is 97.9 cm³/mol. The second-order valence-electron chi connectivity index (χ2n) is 6.55. The summed E-state index contributed by atoms with van der Waals surface area (Å²) in [7, 11) is 1.48. The molecule has 3 N–H and O–H groups in total. The summed E-state index contributed by atoms with van der Waals surface area (Å²) in [5.41, 5.74) is 4.82. The lowest BCUT2D eigenvalue weighted by Crippen LogP contribution is -2.45. The summed E-state index contributed by atoms with van der Waals surface area (Å²) < 4.78 is 49.7. The maximum Gasteiger partial charge on any atom is 0.416 e. The van der Waals surface area contributed by atoms with E-state index in [0.29, 0.717) is 31.6 Å². The van der Waals surface area contributed by atoms with Crippen LogP contribution in [0.2, 0.25) is 0 Å². The van der Waals surface area contributed by atoms with Crippen LogP contribution in [0.3, 0.4) is 0 Å². The van der Waals surface area contributed by atoms with Crippen molar-refractivity contribution in [2.24, 2.45) is 5.73 Å².